The summed E-state index contributed by atoms with van der Waals surface area (Å²) >= 11 is 0. The third kappa shape index (κ3) is 3.73. The SMILES string of the molecule is COc1ccc(C)cc1S(=O)(=O)NCc1nc(-c2ccccc2F)no1. The van der Waals surface area contributed by atoms with Crippen LogP contribution in [0.4, 0.5) is 4.39 Å². The molecule has 1 N–H and O–H groups in total. The lowest BCUT2D eigenvalue weighted by molar-refractivity contribution is 0.375. The zero-order valence-electron chi connectivity index (χ0n) is 14.1. The maximum Gasteiger partial charge on any atom is 0.244 e. The fourth-order valence-corrected chi connectivity index (χ4v) is 3.53. The van der Waals surface area contributed by atoms with Crippen LogP contribution < -0.4 is 9.46 Å². The highest BCUT2D eigenvalue weighted by atomic mass is 32.2. The number of aryl methyl sites for hydroxylation is 1. The van der Waals surface area contributed by atoms with Gasteiger partial charge in [0, 0.05) is 0 Å². The lowest BCUT2D eigenvalue weighted by atomic mass is 10.2. The van der Waals surface area contributed by atoms with Crippen molar-refractivity contribution in [2.45, 2.75) is 18.4 Å². The van der Waals surface area contributed by atoms with E-state index in [4.69, 9.17) is 9.26 Å². The summed E-state index contributed by atoms with van der Waals surface area (Å²) in [5.74, 6) is -0.213. The molecule has 0 fully saturated rings. The lowest BCUT2D eigenvalue weighted by Gasteiger charge is -2.10. The van der Waals surface area contributed by atoms with Gasteiger partial charge in [0.1, 0.15) is 16.5 Å². The van der Waals surface area contributed by atoms with Gasteiger partial charge in [-0.3, -0.25) is 0 Å². The molecular weight excluding hydrogens is 361 g/mol. The molecule has 3 aromatic rings. The van der Waals surface area contributed by atoms with Crippen molar-refractivity contribution in [1.82, 2.24) is 14.9 Å². The molecule has 1 aromatic heterocycles. The van der Waals surface area contributed by atoms with Gasteiger partial charge in [-0.05, 0) is 36.8 Å². The van der Waals surface area contributed by atoms with Gasteiger partial charge in [-0.25, -0.2) is 17.5 Å². The molecule has 0 aliphatic heterocycles. The van der Waals surface area contributed by atoms with E-state index in [9.17, 15) is 12.8 Å². The van der Waals surface area contributed by atoms with Gasteiger partial charge in [0.15, 0.2) is 0 Å². The zero-order valence-corrected chi connectivity index (χ0v) is 14.9. The first kappa shape index (κ1) is 18.0. The smallest absolute Gasteiger partial charge is 0.244 e. The minimum absolute atomic E-state index is 0.00819. The van der Waals surface area contributed by atoms with Crippen LogP contribution in [0.5, 0.6) is 5.75 Å². The van der Waals surface area contributed by atoms with Gasteiger partial charge in [0.25, 0.3) is 0 Å². The third-order valence-corrected chi connectivity index (χ3v) is 5.03. The molecule has 0 radical (unpaired) electrons. The molecule has 0 atom stereocenters. The third-order valence-electron chi connectivity index (χ3n) is 3.60. The second-order valence-electron chi connectivity index (χ2n) is 5.47. The van der Waals surface area contributed by atoms with Gasteiger partial charge in [-0.2, -0.15) is 4.98 Å². The van der Waals surface area contributed by atoms with E-state index in [1.54, 1.807) is 31.2 Å². The van der Waals surface area contributed by atoms with Crippen LogP contribution in [0.25, 0.3) is 11.4 Å². The van der Waals surface area contributed by atoms with Crippen molar-refractivity contribution >= 4 is 10.0 Å². The molecule has 0 unspecified atom stereocenters. The Balaban J connectivity index is 1.79. The molecule has 9 heteroatoms. The summed E-state index contributed by atoms with van der Waals surface area (Å²) < 4.78 is 51.3. The Morgan fingerprint density at radius 1 is 1.23 bits per heavy atom. The average molecular weight is 377 g/mol. The van der Waals surface area contributed by atoms with E-state index >= 15 is 0 Å². The molecule has 7 nitrogen and oxygen atoms in total. The number of hydrogen-bond donors (Lipinski definition) is 1. The lowest BCUT2D eigenvalue weighted by Crippen LogP contribution is -2.24. The standard InChI is InChI=1S/C17H16FN3O4S/c1-11-7-8-14(24-2)15(9-11)26(22,23)19-10-16-20-17(21-25-16)12-5-3-4-6-13(12)18/h3-9,19H,10H2,1-2H3. The van der Waals surface area contributed by atoms with Gasteiger partial charge in [-0.1, -0.05) is 23.4 Å². The van der Waals surface area contributed by atoms with Crippen LogP contribution in [-0.2, 0) is 16.6 Å². The number of methoxy groups -OCH3 is 1. The van der Waals surface area contributed by atoms with Crippen molar-refractivity contribution in [1.29, 1.82) is 0 Å². The number of rotatable bonds is 6. The van der Waals surface area contributed by atoms with Crippen LogP contribution in [0.15, 0.2) is 51.9 Å². The highest BCUT2D eigenvalue weighted by Gasteiger charge is 2.21. The van der Waals surface area contributed by atoms with E-state index in [0.717, 1.165) is 5.56 Å². The highest BCUT2D eigenvalue weighted by molar-refractivity contribution is 7.89. The minimum atomic E-state index is -3.86. The average Bonchev–Trinajstić information content (AvgIpc) is 3.09. The maximum atomic E-state index is 13.8. The van der Waals surface area contributed by atoms with Crippen molar-refractivity contribution in [2.24, 2.45) is 0 Å². The number of sulfonamides is 1. The number of hydrogen-bond acceptors (Lipinski definition) is 6. The van der Waals surface area contributed by atoms with Crippen molar-refractivity contribution in [2.75, 3.05) is 7.11 Å². The van der Waals surface area contributed by atoms with Crippen LogP contribution in [0.1, 0.15) is 11.5 Å². The van der Waals surface area contributed by atoms with Crippen LogP contribution in [0.3, 0.4) is 0 Å². The zero-order chi connectivity index (χ0) is 18.7. The molecule has 0 saturated heterocycles. The van der Waals surface area contributed by atoms with Crippen molar-refractivity contribution in [3.05, 3.63) is 59.7 Å². The van der Waals surface area contributed by atoms with Gasteiger partial charge >= 0.3 is 0 Å². The molecule has 3 rings (SSSR count). The molecule has 136 valence electrons. The number of nitrogens with one attached hydrogen (secondary N) is 1. The van der Waals surface area contributed by atoms with E-state index in [0.29, 0.717) is 0 Å². The quantitative estimate of drug-likeness (QED) is 0.710. The van der Waals surface area contributed by atoms with E-state index < -0.39 is 15.8 Å². The summed E-state index contributed by atoms with van der Waals surface area (Å²) in [5.41, 5.74) is 0.941. The van der Waals surface area contributed by atoms with Crippen molar-refractivity contribution in [3.63, 3.8) is 0 Å². The van der Waals surface area contributed by atoms with Crippen molar-refractivity contribution in [3.8, 4) is 17.1 Å². The molecule has 0 bridgehead atoms. The normalized spacial score (nSPS) is 11.5. The number of nitrogens with zero attached hydrogens (tertiary/aromatic N) is 2. The fraction of sp³-hybridized carbons (Fsp3) is 0.176. The van der Waals surface area contributed by atoms with Crippen LogP contribution >= 0.6 is 0 Å². The van der Waals surface area contributed by atoms with Crippen LogP contribution in [0.2, 0.25) is 0 Å². The number of halogens is 1. The summed E-state index contributed by atoms with van der Waals surface area (Å²) in [6.07, 6.45) is 0. The Bertz CT molecular complexity index is 1030. The van der Waals surface area contributed by atoms with Gasteiger partial charge in [0.05, 0.1) is 19.2 Å². The molecular formula is C17H16FN3O4S. The van der Waals surface area contributed by atoms with Gasteiger partial charge in [0.2, 0.25) is 21.7 Å². The molecule has 26 heavy (non-hydrogen) atoms. The number of benzene rings is 2. The predicted octanol–water partition coefficient (Wildman–Crippen LogP) is 2.67. The summed E-state index contributed by atoms with van der Waals surface area (Å²) in [6, 6.07) is 10.8. The second kappa shape index (κ2) is 7.22. The molecule has 0 spiro atoms. The Morgan fingerprint density at radius 3 is 2.73 bits per heavy atom. The summed E-state index contributed by atoms with van der Waals surface area (Å²) in [5, 5.41) is 3.68. The first-order chi connectivity index (χ1) is 12.4. The molecule has 0 amide bonds. The molecule has 2 aromatic carbocycles. The summed E-state index contributed by atoms with van der Waals surface area (Å²) in [7, 11) is -2.47. The molecule has 0 saturated carbocycles. The highest BCUT2D eigenvalue weighted by Crippen LogP contribution is 2.25. The first-order valence-electron chi connectivity index (χ1n) is 7.62. The Hall–Kier alpha value is -2.78. The van der Waals surface area contributed by atoms with E-state index in [1.807, 2.05) is 0 Å². The summed E-state index contributed by atoms with van der Waals surface area (Å²) in [6.45, 7) is 1.54. The van der Waals surface area contributed by atoms with Gasteiger partial charge in [-0.15, -0.1) is 0 Å². The summed E-state index contributed by atoms with van der Waals surface area (Å²) in [4.78, 5) is 4.03. The Labute approximate surface area is 149 Å². The van der Waals surface area contributed by atoms with Crippen LogP contribution in [-0.4, -0.2) is 25.7 Å². The monoisotopic (exact) mass is 377 g/mol. The Morgan fingerprint density at radius 2 is 2.00 bits per heavy atom. The van der Waals surface area contributed by atoms with Crippen molar-refractivity contribution < 1.29 is 22.1 Å². The molecule has 0 aliphatic carbocycles. The molecule has 0 aliphatic rings. The van der Waals surface area contributed by atoms with E-state index in [1.165, 1.54) is 25.3 Å². The van der Waals surface area contributed by atoms with E-state index in [-0.39, 0.29) is 34.5 Å². The predicted molar refractivity (Wildman–Crippen MR) is 91.4 cm³/mol. The first-order valence-corrected chi connectivity index (χ1v) is 9.11. The maximum absolute atomic E-state index is 13.8. The topological polar surface area (TPSA) is 94.3 Å². The van der Waals surface area contributed by atoms with E-state index in [2.05, 4.69) is 14.9 Å². The van der Waals surface area contributed by atoms with Crippen LogP contribution in [0, 0.1) is 12.7 Å². The number of aromatic nitrogens is 2. The largest absolute Gasteiger partial charge is 0.495 e. The van der Waals surface area contributed by atoms with Gasteiger partial charge < -0.3 is 9.26 Å². The fourth-order valence-electron chi connectivity index (χ4n) is 2.31. The minimum Gasteiger partial charge on any atom is -0.495 e. The Kier molecular flexibility index (Phi) is 5.01. The second-order valence-corrected chi connectivity index (χ2v) is 7.21. The number of ether oxygens (including phenoxy) is 1. The molecule has 1 heterocycles.